The van der Waals surface area contributed by atoms with E-state index < -0.39 is 0 Å². The number of benzene rings is 2. The van der Waals surface area contributed by atoms with E-state index >= 15 is 0 Å². The first-order chi connectivity index (χ1) is 12.6. The fraction of sp³-hybridized carbons (Fsp3) is 0.167. The van der Waals surface area contributed by atoms with Crippen LogP contribution in [-0.2, 0) is 4.79 Å². The highest BCUT2D eigenvalue weighted by Gasteiger charge is 2.17. The molecule has 1 amide bonds. The van der Waals surface area contributed by atoms with Gasteiger partial charge in [-0.1, -0.05) is 47.4 Å². The van der Waals surface area contributed by atoms with Crippen LogP contribution in [0.3, 0.4) is 0 Å². The van der Waals surface area contributed by atoms with E-state index in [1.807, 2.05) is 61.5 Å². The van der Waals surface area contributed by atoms with Gasteiger partial charge >= 0.3 is 0 Å². The number of rotatable bonds is 7. The summed E-state index contributed by atoms with van der Waals surface area (Å²) < 4.78 is 5.93. The van der Waals surface area contributed by atoms with Crippen molar-refractivity contribution in [1.29, 1.82) is 0 Å². The van der Waals surface area contributed by atoms with Gasteiger partial charge in [0.15, 0.2) is 4.34 Å². The Morgan fingerprint density at radius 1 is 1.12 bits per heavy atom. The molecule has 0 fully saturated rings. The SMILES string of the molecule is COc1cccc(Nc2nnc(SC(C)C(=O)Nc3ccccc3)s2)c1. The molecule has 3 aromatic rings. The van der Waals surface area contributed by atoms with Gasteiger partial charge < -0.3 is 15.4 Å². The summed E-state index contributed by atoms with van der Waals surface area (Å²) in [5, 5.41) is 14.7. The van der Waals surface area contributed by atoms with E-state index in [-0.39, 0.29) is 11.2 Å². The van der Waals surface area contributed by atoms with Gasteiger partial charge in [0.05, 0.1) is 12.4 Å². The number of methoxy groups -OCH3 is 1. The number of carbonyl (C=O) groups excluding carboxylic acids is 1. The van der Waals surface area contributed by atoms with Gasteiger partial charge in [0.2, 0.25) is 11.0 Å². The smallest absolute Gasteiger partial charge is 0.237 e. The number of carbonyl (C=O) groups is 1. The fourth-order valence-corrected chi connectivity index (χ4v) is 4.02. The lowest BCUT2D eigenvalue weighted by molar-refractivity contribution is -0.115. The van der Waals surface area contributed by atoms with E-state index in [1.54, 1.807) is 7.11 Å². The molecular formula is C18H18N4O2S2. The van der Waals surface area contributed by atoms with Crippen LogP contribution in [0.2, 0.25) is 0 Å². The van der Waals surface area contributed by atoms with Crippen LogP contribution in [0.1, 0.15) is 6.92 Å². The van der Waals surface area contributed by atoms with E-state index in [0.29, 0.717) is 5.13 Å². The van der Waals surface area contributed by atoms with E-state index in [9.17, 15) is 4.79 Å². The van der Waals surface area contributed by atoms with Gasteiger partial charge in [-0.25, -0.2) is 0 Å². The Morgan fingerprint density at radius 2 is 1.88 bits per heavy atom. The second-order valence-corrected chi connectivity index (χ2v) is 7.91. The van der Waals surface area contributed by atoms with Gasteiger partial charge in [0.25, 0.3) is 0 Å². The van der Waals surface area contributed by atoms with Gasteiger partial charge in [-0.05, 0) is 31.2 Å². The van der Waals surface area contributed by atoms with Crippen molar-refractivity contribution in [2.24, 2.45) is 0 Å². The molecule has 1 heterocycles. The molecule has 8 heteroatoms. The molecule has 2 N–H and O–H groups in total. The van der Waals surface area contributed by atoms with E-state index in [0.717, 1.165) is 21.5 Å². The highest BCUT2D eigenvalue weighted by atomic mass is 32.2. The lowest BCUT2D eigenvalue weighted by Gasteiger charge is -2.09. The highest BCUT2D eigenvalue weighted by Crippen LogP contribution is 2.31. The molecule has 134 valence electrons. The van der Waals surface area contributed by atoms with Crippen LogP contribution in [0.5, 0.6) is 5.75 Å². The first-order valence-corrected chi connectivity index (χ1v) is 9.61. The zero-order valence-electron chi connectivity index (χ0n) is 14.3. The van der Waals surface area contributed by atoms with Crippen LogP contribution in [0.4, 0.5) is 16.5 Å². The Kier molecular flexibility index (Phi) is 6.08. The summed E-state index contributed by atoms with van der Waals surface area (Å²) >= 11 is 2.78. The first-order valence-electron chi connectivity index (χ1n) is 7.91. The summed E-state index contributed by atoms with van der Waals surface area (Å²) in [6, 6.07) is 17.0. The lowest BCUT2D eigenvalue weighted by Crippen LogP contribution is -2.22. The molecule has 0 saturated heterocycles. The van der Waals surface area contributed by atoms with Gasteiger partial charge in [0, 0.05) is 17.4 Å². The Hall–Kier alpha value is -2.58. The number of hydrogen-bond donors (Lipinski definition) is 2. The Morgan fingerprint density at radius 3 is 2.65 bits per heavy atom. The summed E-state index contributed by atoms with van der Waals surface area (Å²) in [7, 11) is 1.63. The number of thioether (sulfide) groups is 1. The maximum absolute atomic E-state index is 12.3. The van der Waals surface area contributed by atoms with Crippen LogP contribution in [0.25, 0.3) is 0 Å². The van der Waals surface area contributed by atoms with E-state index in [4.69, 9.17) is 4.74 Å². The van der Waals surface area contributed by atoms with Crippen molar-refractivity contribution in [3.05, 3.63) is 54.6 Å². The number of nitrogens with zero attached hydrogens (tertiary/aromatic N) is 2. The van der Waals surface area contributed by atoms with E-state index in [2.05, 4.69) is 20.8 Å². The molecule has 26 heavy (non-hydrogen) atoms. The third-order valence-electron chi connectivity index (χ3n) is 3.42. The summed E-state index contributed by atoms with van der Waals surface area (Å²) in [5.41, 5.74) is 1.65. The van der Waals surface area contributed by atoms with Gasteiger partial charge in [-0.15, -0.1) is 10.2 Å². The highest BCUT2D eigenvalue weighted by molar-refractivity contribution is 8.02. The molecule has 3 rings (SSSR count). The van der Waals surface area contributed by atoms with Crippen LogP contribution >= 0.6 is 23.1 Å². The molecular weight excluding hydrogens is 368 g/mol. The second-order valence-electron chi connectivity index (χ2n) is 5.35. The molecule has 0 spiro atoms. The molecule has 1 aromatic heterocycles. The minimum Gasteiger partial charge on any atom is -0.497 e. The molecule has 0 saturated carbocycles. The summed E-state index contributed by atoms with van der Waals surface area (Å²) in [6.45, 7) is 1.85. The van der Waals surface area contributed by atoms with Crippen molar-refractivity contribution in [2.45, 2.75) is 16.5 Å². The molecule has 1 atom stereocenters. The van der Waals surface area contributed by atoms with Crippen LogP contribution in [0.15, 0.2) is 58.9 Å². The molecule has 2 aromatic carbocycles. The number of nitrogens with one attached hydrogen (secondary N) is 2. The third kappa shape index (κ3) is 4.96. The number of hydrogen-bond acceptors (Lipinski definition) is 7. The average molecular weight is 387 g/mol. The third-order valence-corrected chi connectivity index (χ3v) is 5.44. The van der Waals surface area contributed by atoms with Crippen molar-refractivity contribution in [3.63, 3.8) is 0 Å². The van der Waals surface area contributed by atoms with Gasteiger partial charge in [-0.2, -0.15) is 0 Å². The Bertz CT molecular complexity index is 870. The predicted octanol–water partition coefficient (Wildman–Crippen LogP) is 4.41. The zero-order chi connectivity index (χ0) is 18.4. The molecule has 0 bridgehead atoms. The number of para-hydroxylation sites is 1. The molecule has 0 aliphatic carbocycles. The normalized spacial score (nSPS) is 11.6. The second kappa shape index (κ2) is 8.68. The van der Waals surface area contributed by atoms with Crippen molar-refractivity contribution in [1.82, 2.24) is 10.2 Å². The van der Waals surface area contributed by atoms with Gasteiger partial charge in [0.1, 0.15) is 5.75 Å². The number of anilines is 3. The van der Waals surface area contributed by atoms with Crippen molar-refractivity contribution >= 4 is 45.5 Å². The molecule has 1 unspecified atom stereocenters. The summed E-state index contributed by atoms with van der Waals surface area (Å²) in [5.74, 6) is 0.694. The zero-order valence-corrected chi connectivity index (χ0v) is 15.9. The monoisotopic (exact) mass is 386 g/mol. The average Bonchev–Trinajstić information content (AvgIpc) is 3.09. The van der Waals surface area contributed by atoms with Crippen LogP contribution < -0.4 is 15.4 Å². The summed E-state index contributed by atoms with van der Waals surface area (Å²) in [4.78, 5) is 12.3. The maximum Gasteiger partial charge on any atom is 0.237 e. The topological polar surface area (TPSA) is 76.1 Å². The molecule has 0 aliphatic rings. The van der Waals surface area contributed by atoms with Crippen LogP contribution in [-0.4, -0.2) is 28.5 Å². The standard InChI is InChI=1S/C18H18N4O2S2/c1-12(16(23)19-13-7-4-3-5-8-13)25-18-22-21-17(26-18)20-14-9-6-10-15(11-14)24-2/h3-12H,1-2H3,(H,19,23)(H,20,21). The first kappa shape index (κ1) is 18.2. The fourth-order valence-electron chi connectivity index (χ4n) is 2.10. The molecule has 0 aliphatic heterocycles. The Balaban J connectivity index is 1.58. The Labute approximate surface area is 160 Å². The predicted molar refractivity (Wildman–Crippen MR) is 107 cm³/mol. The van der Waals surface area contributed by atoms with Gasteiger partial charge in [-0.3, -0.25) is 4.79 Å². The summed E-state index contributed by atoms with van der Waals surface area (Å²) in [6.07, 6.45) is 0. The minimum absolute atomic E-state index is 0.0706. The molecule has 6 nitrogen and oxygen atoms in total. The number of amides is 1. The van der Waals surface area contributed by atoms with E-state index in [1.165, 1.54) is 23.1 Å². The number of aromatic nitrogens is 2. The largest absolute Gasteiger partial charge is 0.497 e. The number of ether oxygens (including phenoxy) is 1. The van der Waals surface area contributed by atoms with Crippen molar-refractivity contribution in [2.75, 3.05) is 17.7 Å². The minimum atomic E-state index is -0.284. The van der Waals surface area contributed by atoms with Crippen LogP contribution in [0, 0.1) is 0 Å². The lowest BCUT2D eigenvalue weighted by atomic mass is 10.3. The quantitative estimate of drug-likeness (QED) is 0.586. The van der Waals surface area contributed by atoms with Crippen molar-refractivity contribution < 1.29 is 9.53 Å². The van der Waals surface area contributed by atoms with Crippen molar-refractivity contribution in [3.8, 4) is 5.75 Å². The molecule has 0 radical (unpaired) electrons. The maximum atomic E-state index is 12.3.